The first kappa shape index (κ1) is 32.9. The van der Waals surface area contributed by atoms with Crippen molar-refractivity contribution >= 4 is 29.5 Å². The zero-order chi connectivity index (χ0) is 32.1. The fourth-order valence-electron chi connectivity index (χ4n) is 4.60. The van der Waals surface area contributed by atoms with Crippen LogP contribution in [0.1, 0.15) is 68.1 Å². The van der Waals surface area contributed by atoms with Gasteiger partial charge in [0.2, 0.25) is 11.8 Å². The summed E-state index contributed by atoms with van der Waals surface area (Å²) in [4.78, 5) is 63.7. The van der Waals surface area contributed by atoms with Gasteiger partial charge in [0.1, 0.15) is 23.5 Å². The number of methoxy groups -OCH3 is 1. The maximum absolute atomic E-state index is 14.0. The van der Waals surface area contributed by atoms with Gasteiger partial charge in [0.05, 0.1) is 24.0 Å². The quantitative estimate of drug-likeness (QED) is 0.245. The molecule has 0 bridgehead atoms. The molecular weight excluding hydrogens is 570 g/mol. The Kier molecular flexibility index (Phi) is 10.4. The Morgan fingerprint density at radius 3 is 2.47 bits per heavy atom. The van der Waals surface area contributed by atoms with Gasteiger partial charge >= 0.3 is 12.0 Å². The van der Waals surface area contributed by atoms with Crippen molar-refractivity contribution in [2.45, 2.75) is 58.6 Å². The molecule has 2 atom stereocenters. The summed E-state index contributed by atoms with van der Waals surface area (Å²) in [5.41, 5.74) is -1.21. The fourth-order valence-corrected chi connectivity index (χ4v) is 4.60. The van der Waals surface area contributed by atoms with Crippen molar-refractivity contribution in [3.8, 4) is 5.75 Å². The van der Waals surface area contributed by atoms with E-state index in [0.717, 1.165) is 18.2 Å². The van der Waals surface area contributed by atoms with E-state index in [1.165, 1.54) is 19.2 Å². The number of benzene rings is 2. The monoisotopic (exact) mass is 604 g/mol. The number of carbonyl (C=O) groups is 4. The molecule has 0 aliphatic carbocycles. The van der Waals surface area contributed by atoms with Crippen molar-refractivity contribution in [1.82, 2.24) is 15.5 Å². The minimum Gasteiger partial charge on any atom is -0.496 e. The van der Waals surface area contributed by atoms with Crippen LogP contribution in [0.5, 0.6) is 5.75 Å². The summed E-state index contributed by atoms with van der Waals surface area (Å²) in [6.45, 7) is 5.93. The van der Waals surface area contributed by atoms with Gasteiger partial charge in [-0.25, -0.2) is 18.4 Å². The largest absolute Gasteiger partial charge is 0.496 e. The lowest BCUT2D eigenvalue weighted by atomic mass is 9.97. The Labute approximate surface area is 246 Å². The van der Waals surface area contributed by atoms with E-state index in [1.54, 1.807) is 20.8 Å². The Hall–Kier alpha value is -4.62. The van der Waals surface area contributed by atoms with Crippen molar-refractivity contribution < 1.29 is 42.4 Å². The molecule has 0 radical (unpaired) electrons. The molecule has 0 spiro atoms. The van der Waals surface area contributed by atoms with E-state index in [9.17, 15) is 38.1 Å². The van der Waals surface area contributed by atoms with Crippen LogP contribution < -0.4 is 15.4 Å². The molecule has 43 heavy (non-hydrogen) atoms. The molecule has 1 heterocycles. The van der Waals surface area contributed by atoms with Crippen LogP contribution in [0, 0.1) is 27.7 Å². The Bertz CT molecular complexity index is 1430. The second-order valence-electron chi connectivity index (χ2n) is 11.0. The lowest BCUT2D eigenvalue weighted by molar-refractivity contribution is -0.385. The first-order chi connectivity index (χ1) is 20.1. The van der Waals surface area contributed by atoms with Crippen molar-refractivity contribution in [3.05, 3.63) is 68.8 Å². The van der Waals surface area contributed by atoms with Crippen molar-refractivity contribution in [1.29, 1.82) is 0 Å². The molecule has 14 heteroatoms. The summed E-state index contributed by atoms with van der Waals surface area (Å²) in [6.07, 6.45) is 0.665. The first-order valence-electron chi connectivity index (χ1n) is 13.6. The summed E-state index contributed by atoms with van der Waals surface area (Å²) < 4.78 is 38.1. The standard InChI is InChI=1S/C29H34F2N4O8/c1-6-7-22(16-8-9-19(23(12-16)35(40)41)27(38)43-29(2,3)4)33-28(39)34-15-25(36)32-14-18(26(34)37)10-17-11-20(30)21(31)13-24(17)42-5/h8-9,11-13,18,22H,6-7,10,14-15H2,1-5H3,(H,32,36)(H,33,39)/t18-,22-/m1/s1. The maximum atomic E-state index is 14.0. The highest BCUT2D eigenvalue weighted by molar-refractivity contribution is 6.01. The number of ether oxygens (including phenoxy) is 2. The number of nitrogens with zero attached hydrogens (tertiary/aromatic N) is 2. The second-order valence-corrected chi connectivity index (χ2v) is 11.0. The number of halogens is 2. The van der Waals surface area contributed by atoms with Gasteiger partial charge in [0.25, 0.3) is 5.69 Å². The smallest absolute Gasteiger partial charge is 0.345 e. The third kappa shape index (κ3) is 8.23. The highest BCUT2D eigenvalue weighted by atomic mass is 19.2. The number of nitro groups is 1. The van der Waals surface area contributed by atoms with Crippen molar-refractivity contribution in [2.24, 2.45) is 5.92 Å². The maximum Gasteiger partial charge on any atom is 0.345 e. The molecular formula is C29H34F2N4O8. The van der Waals surface area contributed by atoms with E-state index in [2.05, 4.69) is 10.6 Å². The van der Waals surface area contributed by atoms with Gasteiger partial charge in [0, 0.05) is 18.7 Å². The highest BCUT2D eigenvalue weighted by Crippen LogP contribution is 2.29. The zero-order valence-corrected chi connectivity index (χ0v) is 24.5. The molecule has 0 aromatic heterocycles. The molecule has 0 saturated carbocycles. The lowest BCUT2D eigenvalue weighted by Crippen LogP contribution is -2.48. The molecule has 1 saturated heterocycles. The molecule has 2 aromatic carbocycles. The Balaban J connectivity index is 1.88. The van der Waals surface area contributed by atoms with Gasteiger partial charge in [-0.15, -0.1) is 0 Å². The Morgan fingerprint density at radius 2 is 1.86 bits per heavy atom. The third-order valence-electron chi connectivity index (χ3n) is 6.61. The molecule has 12 nitrogen and oxygen atoms in total. The predicted octanol–water partition coefficient (Wildman–Crippen LogP) is 4.21. The van der Waals surface area contributed by atoms with E-state index in [1.807, 2.05) is 6.92 Å². The van der Waals surface area contributed by atoms with Crippen molar-refractivity contribution in [2.75, 3.05) is 20.2 Å². The number of esters is 1. The summed E-state index contributed by atoms with van der Waals surface area (Å²) >= 11 is 0. The number of urea groups is 1. The highest BCUT2D eigenvalue weighted by Gasteiger charge is 2.36. The van der Waals surface area contributed by atoms with E-state index in [0.29, 0.717) is 23.3 Å². The summed E-state index contributed by atoms with van der Waals surface area (Å²) in [6, 6.07) is 3.83. The van der Waals surface area contributed by atoms with Gasteiger partial charge in [-0.3, -0.25) is 24.6 Å². The summed E-state index contributed by atoms with van der Waals surface area (Å²) in [7, 11) is 1.25. The van der Waals surface area contributed by atoms with E-state index in [-0.39, 0.29) is 29.8 Å². The molecule has 4 amide bonds. The van der Waals surface area contributed by atoms with Crippen LogP contribution >= 0.6 is 0 Å². The van der Waals surface area contributed by atoms with E-state index < -0.39 is 70.2 Å². The number of nitro benzene ring substituents is 1. The average molecular weight is 605 g/mol. The number of hydrogen-bond donors (Lipinski definition) is 2. The normalized spacial score (nSPS) is 16.2. The van der Waals surface area contributed by atoms with Crippen LogP contribution in [0.25, 0.3) is 0 Å². The fraction of sp³-hybridized carbons (Fsp3) is 0.448. The molecule has 2 aromatic rings. The number of carbonyl (C=O) groups excluding carboxylic acids is 4. The minimum atomic E-state index is -1.15. The van der Waals surface area contributed by atoms with Crippen LogP contribution in [-0.2, 0) is 20.7 Å². The molecule has 2 N–H and O–H groups in total. The van der Waals surface area contributed by atoms with Gasteiger partial charge in [-0.05, 0) is 56.9 Å². The van der Waals surface area contributed by atoms with E-state index >= 15 is 0 Å². The average Bonchev–Trinajstić information content (AvgIpc) is 3.07. The SMILES string of the molecule is CCC[C@@H](NC(=O)N1CC(=O)NC[C@@H](Cc2cc(F)c(F)cc2OC)C1=O)c1ccc(C(=O)OC(C)(C)C)c([N+](=O)[O-])c1. The van der Waals surface area contributed by atoms with E-state index in [4.69, 9.17) is 9.47 Å². The second kappa shape index (κ2) is 13.6. The summed E-state index contributed by atoms with van der Waals surface area (Å²) in [5.74, 6) is -5.55. The molecule has 1 fully saturated rings. The van der Waals surface area contributed by atoms with Crippen LogP contribution in [0.3, 0.4) is 0 Å². The van der Waals surface area contributed by atoms with Crippen LogP contribution in [0.2, 0.25) is 0 Å². The van der Waals surface area contributed by atoms with Crippen LogP contribution in [0.15, 0.2) is 30.3 Å². The van der Waals surface area contributed by atoms with Gasteiger partial charge in [-0.1, -0.05) is 19.4 Å². The van der Waals surface area contributed by atoms with Crippen LogP contribution in [0.4, 0.5) is 19.3 Å². The Morgan fingerprint density at radius 1 is 1.19 bits per heavy atom. The summed E-state index contributed by atoms with van der Waals surface area (Å²) in [5, 5.41) is 17.1. The number of rotatable bonds is 9. The minimum absolute atomic E-state index is 0.00212. The molecule has 3 rings (SSSR count). The molecule has 1 aliphatic heterocycles. The predicted molar refractivity (Wildman–Crippen MR) is 149 cm³/mol. The number of nitrogens with one attached hydrogen (secondary N) is 2. The third-order valence-corrected chi connectivity index (χ3v) is 6.61. The number of hydrogen-bond acceptors (Lipinski definition) is 8. The van der Waals surface area contributed by atoms with Gasteiger partial charge in [-0.2, -0.15) is 0 Å². The van der Waals surface area contributed by atoms with Crippen molar-refractivity contribution in [3.63, 3.8) is 0 Å². The topological polar surface area (TPSA) is 157 Å². The number of imide groups is 1. The molecule has 1 aliphatic rings. The molecule has 232 valence electrons. The first-order valence-corrected chi connectivity index (χ1v) is 13.6. The number of amides is 4. The zero-order valence-electron chi connectivity index (χ0n) is 24.5. The van der Waals surface area contributed by atoms with Gasteiger partial charge in [0.15, 0.2) is 11.6 Å². The van der Waals surface area contributed by atoms with Gasteiger partial charge < -0.3 is 20.1 Å². The van der Waals surface area contributed by atoms with Crippen LogP contribution in [-0.4, -0.2) is 59.4 Å². The lowest BCUT2D eigenvalue weighted by Gasteiger charge is -2.26. The molecule has 0 unspecified atom stereocenters.